The van der Waals surface area contributed by atoms with Gasteiger partial charge in [-0.1, -0.05) is 39.0 Å². The molecule has 0 aliphatic rings. The zero-order chi connectivity index (χ0) is 10.1. The lowest BCUT2D eigenvalue weighted by Crippen LogP contribution is -2.22. The van der Waals surface area contributed by atoms with Crippen LogP contribution in [0.2, 0.25) is 0 Å². The van der Waals surface area contributed by atoms with Crippen LogP contribution in [0.1, 0.15) is 51.9 Å². The molecular formula is C10H19NO2. The van der Waals surface area contributed by atoms with Crippen LogP contribution < -0.4 is 5.73 Å². The molecule has 0 fully saturated rings. The molecule has 0 aromatic carbocycles. The highest BCUT2D eigenvalue weighted by atomic mass is 16.2. The van der Waals surface area contributed by atoms with Crippen molar-refractivity contribution in [3.05, 3.63) is 0 Å². The predicted molar refractivity (Wildman–Crippen MR) is 52.2 cm³/mol. The van der Waals surface area contributed by atoms with Gasteiger partial charge in [0, 0.05) is 6.42 Å². The summed E-state index contributed by atoms with van der Waals surface area (Å²) in [6.07, 6.45) is 7.00. The smallest absolute Gasteiger partial charge is 0.284 e. The highest BCUT2D eigenvalue weighted by Crippen LogP contribution is 2.06. The van der Waals surface area contributed by atoms with Crippen molar-refractivity contribution in [1.82, 2.24) is 0 Å². The summed E-state index contributed by atoms with van der Waals surface area (Å²) in [5, 5.41) is 0. The number of carbonyl (C=O) groups excluding carboxylic acids is 2. The Balaban J connectivity index is 3.16. The molecule has 0 saturated carbocycles. The number of primary amides is 1. The first-order valence-corrected chi connectivity index (χ1v) is 5.01. The number of unbranched alkanes of at least 4 members (excludes halogenated alkanes) is 5. The third kappa shape index (κ3) is 7.50. The van der Waals surface area contributed by atoms with E-state index >= 15 is 0 Å². The van der Waals surface area contributed by atoms with Crippen LogP contribution in [0, 0.1) is 0 Å². The molecule has 1 amide bonds. The molecule has 3 nitrogen and oxygen atoms in total. The minimum absolute atomic E-state index is 0.321. The number of nitrogens with two attached hydrogens (primary N) is 1. The highest BCUT2D eigenvalue weighted by molar-refractivity contribution is 6.35. The number of ketones is 1. The molecule has 0 atom stereocenters. The molecule has 0 rings (SSSR count). The molecule has 0 bridgehead atoms. The zero-order valence-electron chi connectivity index (χ0n) is 8.34. The molecule has 0 radical (unpaired) electrons. The first kappa shape index (κ1) is 12.1. The van der Waals surface area contributed by atoms with Crippen molar-refractivity contribution in [3.8, 4) is 0 Å². The second kappa shape index (κ2) is 7.77. The van der Waals surface area contributed by atoms with E-state index in [1.165, 1.54) is 19.3 Å². The fraction of sp³-hybridized carbons (Fsp3) is 0.800. The zero-order valence-corrected chi connectivity index (χ0v) is 8.34. The van der Waals surface area contributed by atoms with Gasteiger partial charge in [0.2, 0.25) is 5.78 Å². The normalized spacial score (nSPS) is 9.92. The van der Waals surface area contributed by atoms with Gasteiger partial charge in [0.1, 0.15) is 0 Å². The standard InChI is InChI=1S/C10H19NO2/c1-2-3-4-5-6-7-8-9(12)10(11)13/h2-8H2,1H3,(H2,11,13). The van der Waals surface area contributed by atoms with Gasteiger partial charge in [0.05, 0.1) is 0 Å². The van der Waals surface area contributed by atoms with Crippen molar-refractivity contribution in [2.45, 2.75) is 51.9 Å². The summed E-state index contributed by atoms with van der Waals surface area (Å²) < 4.78 is 0. The van der Waals surface area contributed by atoms with Crippen LogP contribution in [0.15, 0.2) is 0 Å². The molecule has 76 valence electrons. The largest absolute Gasteiger partial charge is 0.363 e. The van der Waals surface area contributed by atoms with Gasteiger partial charge in [-0.05, 0) is 6.42 Å². The average molecular weight is 185 g/mol. The molecule has 2 N–H and O–H groups in total. The lowest BCUT2D eigenvalue weighted by atomic mass is 10.1. The summed E-state index contributed by atoms with van der Waals surface area (Å²) in [5.41, 5.74) is 4.81. The van der Waals surface area contributed by atoms with E-state index in [0.717, 1.165) is 19.3 Å². The van der Waals surface area contributed by atoms with Crippen LogP contribution in [-0.4, -0.2) is 11.7 Å². The fourth-order valence-electron chi connectivity index (χ4n) is 1.19. The van der Waals surface area contributed by atoms with E-state index < -0.39 is 11.7 Å². The van der Waals surface area contributed by atoms with Gasteiger partial charge >= 0.3 is 0 Å². The number of carbonyl (C=O) groups is 2. The summed E-state index contributed by atoms with van der Waals surface area (Å²) in [6, 6.07) is 0. The van der Waals surface area contributed by atoms with E-state index in [-0.39, 0.29) is 0 Å². The Hall–Kier alpha value is -0.860. The van der Waals surface area contributed by atoms with E-state index in [1.807, 2.05) is 0 Å². The minimum Gasteiger partial charge on any atom is -0.363 e. The fourth-order valence-corrected chi connectivity index (χ4v) is 1.19. The predicted octanol–water partition coefficient (Wildman–Crippen LogP) is 1.79. The van der Waals surface area contributed by atoms with Crippen LogP contribution >= 0.6 is 0 Å². The summed E-state index contributed by atoms with van der Waals surface area (Å²) >= 11 is 0. The Morgan fingerprint density at radius 2 is 1.54 bits per heavy atom. The number of Topliss-reactive ketones (excluding diaryl/α,β-unsaturated/α-hetero) is 1. The molecule has 0 spiro atoms. The van der Waals surface area contributed by atoms with E-state index in [2.05, 4.69) is 6.92 Å². The third-order valence-corrected chi connectivity index (χ3v) is 2.03. The van der Waals surface area contributed by atoms with Crippen molar-refractivity contribution in [2.24, 2.45) is 5.73 Å². The van der Waals surface area contributed by atoms with Crippen LogP contribution in [0.3, 0.4) is 0 Å². The second-order valence-corrected chi connectivity index (χ2v) is 3.31. The van der Waals surface area contributed by atoms with E-state index in [9.17, 15) is 9.59 Å². The minimum atomic E-state index is -0.798. The molecule has 0 saturated heterocycles. The summed E-state index contributed by atoms with van der Waals surface area (Å²) in [5.74, 6) is -1.23. The van der Waals surface area contributed by atoms with Crippen molar-refractivity contribution < 1.29 is 9.59 Å². The van der Waals surface area contributed by atoms with Gasteiger partial charge in [-0.2, -0.15) is 0 Å². The molecule has 0 aromatic heterocycles. The van der Waals surface area contributed by atoms with Crippen molar-refractivity contribution in [3.63, 3.8) is 0 Å². The Morgan fingerprint density at radius 1 is 1.00 bits per heavy atom. The summed E-state index contributed by atoms with van der Waals surface area (Å²) in [4.78, 5) is 21.1. The van der Waals surface area contributed by atoms with E-state index in [0.29, 0.717) is 6.42 Å². The number of rotatable bonds is 8. The van der Waals surface area contributed by atoms with Gasteiger partial charge in [-0.25, -0.2) is 0 Å². The molecule has 0 aliphatic heterocycles. The molecular weight excluding hydrogens is 166 g/mol. The Bertz CT molecular complexity index is 166. The van der Waals surface area contributed by atoms with Gasteiger partial charge in [-0.3, -0.25) is 9.59 Å². The number of hydrogen-bond acceptors (Lipinski definition) is 2. The number of amides is 1. The van der Waals surface area contributed by atoms with Crippen LogP contribution in [-0.2, 0) is 9.59 Å². The van der Waals surface area contributed by atoms with Gasteiger partial charge in [0.25, 0.3) is 5.91 Å². The van der Waals surface area contributed by atoms with Crippen molar-refractivity contribution >= 4 is 11.7 Å². The van der Waals surface area contributed by atoms with Crippen LogP contribution in [0.4, 0.5) is 0 Å². The van der Waals surface area contributed by atoms with Crippen LogP contribution in [0.5, 0.6) is 0 Å². The van der Waals surface area contributed by atoms with Crippen LogP contribution in [0.25, 0.3) is 0 Å². The van der Waals surface area contributed by atoms with Gasteiger partial charge < -0.3 is 5.73 Å². The maximum Gasteiger partial charge on any atom is 0.284 e. The SMILES string of the molecule is CCCCCCCCC(=O)C(N)=O. The molecule has 0 heterocycles. The molecule has 0 aromatic rings. The number of hydrogen-bond donors (Lipinski definition) is 1. The first-order chi connectivity index (χ1) is 6.18. The Morgan fingerprint density at radius 3 is 2.08 bits per heavy atom. The molecule has 0 unspecified atom stereocenters. The first-order valence-electron chi connectivity index (χ1n) is 5.01. The monoisotopic (exact) mass is 185 g/mol. The maximum atomic E-state index is 10.8. The quantitative estimate of drug-likeness (QED) is 0.463. The average Bonchev–Trinajstić information content (AvgIpc) is 2.10. The van der Waals surface area contributed by atoms with Crippen molar-refractivity contribution in [1.29, 1.82) is 0 Å². The highest BCUT2D eigenvalue weighted by Gasteiger charge is 2.06. The maximum absolute atomic E-state index is 10.8. The Kier molecular flexibility index (Phi) is 7.26. The molecule has 0 aliphatic carbocycles. The lowest BCUT2D eigenvalue weighted by Gasteiger charge is -1.98. The van der Waals surface area contributed by atoms with Crippen molar-refractivity contribution in [2.75, 3.05) is 0 Å². The van der Waals surface area contributed by atoms with Gasteiger partial charge in [0.15, 0.2) is 0 Å². The topological polar surface area (TPSA) is 60.2 Å². The summed E-state index contributed by atoms with van der Waals surface area (Å²) in [7, 11) is 0. The Labute approximate surface area is 79.7 Å². The molecule has 3 heteroatoms. The van der Waals surface area contributed by atoms with E-state index in [1.54, 1.807) is 0 Å². The molecule has 13 heavy (non-hydrogen) atoms. The summed E-state index contributed by atoms with van der Waals surface area (Å²) in [6.45, 7) is 2.16. The lowest BCUT2D eigenvalue weighted by molar-refractivity contribution is -0.136. The van der Waals surface area contributed by atoms with Gasteiger partial charge in [-0.15, -0.1) is 0 Å². The van der Waals surface area contributed by atoms with E-state index in [4.69, 9.17) is 5.73 Å². The second-order valence-electron chi connectivity index (χ2n) is 3.31. The third-order valence-electron chi connectivity index (χ3n) is 2.03.